The summed E-state index contributed by atoms with van der Waals surface area (Å²) in [6, 6.07) is -0.363. The van der Waals surface area contributed by atoms with Crippen molar-refractivity contribution in [1.82, 2.24) is 5.32 Å². The number of rotatable bonds is 7. The molecule has 0 aliphatic carbocycles. The Balaban J connectivity index is 3.40. The van der Waals surface area contributed by atoms with E-state index in [1.807, 2.05) is 6.92 Å². The summed E-state index contributed by atoms with van der Waals surface area (Å²) in [6.45, 7) is 2.65. The van der Waals surface area contributed by atoms with Crippen LogP contribution in [0.3, 0.4) is 0 Å². The van der Waals surface area contributed by atoms with E-state index in [-0.39, 0.29) is 11.9 Å². The lowest BCUT2D eigenvalue weighted by atomic mass is 10.2. The maximum absolute atomic E-state index is 11.3. The summed E-state index contributed by atoms with van der Waals surface area (Å²) in [5, 5.41) is 2.77. The van der Waals surface area contributed by atoms with Crippen molar-refractivity contribution >= 4 is 17.7 Å². The van der Waals surface area contributed by atoms with Crippen molar-refractivity contribution in [3.63, 3.8) is 0 Å². The van der Waals surface area contributed by atoms with Crippen LogP contribution in [0.4, 0.5) is 0 Å². The third-order valence-corrected chi connectivity index (χ3v) is 2.53. The van der Waals surface area contributed by atoms with E-state index in [9.17, 15) is 4.79 Å². The first-order valence-electron chi connectivity index (χ1n) is 4.76. The Morgan fingerprint density at radius 2 is 2.43 bits per heavy atom. The number of hydrogen-bond acceptors (Lipinski definition) is 3. The van der Waals surface area contributed by atoms with E-state index in [1.165, 1.54) is 0 Å². The maximum atomic E-state index is 11.3. The number of terminal acetylenes is 1. The van der Waals surface area contributed by atoms with Gasteiger partial charge in [0.1, 0.15) is 0 Å². The van der Waals surface area contributed by atoms with Crippen LogP contribution >= 0.6 is 11.8 Å². The molecule has 14 heavy (non-hydrogen) atoms. The summed E-state index contributed by atoms with van der Waals surface area (Å²) in [7, 11) is 0. The van der Waals surface area contributed by atoms with Crippen LogP contribution < -0.4 is 11.1 Å². The van der Waals surface area contributed by atoms with Gasteiger partial charge in [0, 0.05) is 12.3 Å². The fraction of sp³-hybridized carbons (Fsp3) is 0.700. The Morgan fingerprint density at radius 1 is 1.71 bits per heavy atom. The molecule has 0 unspecified atom stereocenters. The molecule has 0 aromatic heterocycles. The van der Waals surface area contributed by atoms with Crippen molar-refractivity contribution in [3.05, 3.63) is 0 Å². The van der Waals surface area contributed by atoms with Gasteiger partial charge in [-0.15, -0.1) is 18.2 Å². The molecule has 0 heterocycles. The topological polar surface area (TPSA) is 55.1 Å². The Bertz CT molecular complexity index is 201. The minimum atomic E-state index is -0.363. The molecule has 1 amide bonds. The van der Waals surface area contributed by atoms with Gasteiger partial charge in [-0.1, -0.05) is 19.3 Å². The molecule has 0 saturated carbocycles. The molecule has 0 aromatic rings. The summed E-state index contributed by atoms with van der Waals surface area (Å²) >= 11 is 1.63. The summed E-state index contributed by atoms with van der Waals surface area (Å²) in [4.78, 5) is 11.3. The van der Waals surface area contributed by atoms with Crippen LogP contribution in [0.2, 0.25) is 0 Å². The molecular weight excluding hydrogens is 196 g/mol. The maximum Gasteiger partial charge on any atom is 0.236 e. The lowest BCUT2D eigenvalue weighted by Gasteiger charge is -2.10. The predicted molar refractivity (Wildman–Crippen MR) is 62.1 cm³/mol. The molecule has 3 nitrogen and oxygen atoms in total. The number of hydrogen-bond donors (Lipinski definition) is 2. The van der Waals surface area contributed by atoms with Crippen LogP contribution in [0.5, 0.6) is 0 Å². The van der Waals surface area contributed by atoms with E-state index in [4.69, 9.17) is 12.2 Å². The van der Waals surface area contributed by atoms with Gasteiger partial charge in [0.25, 0.3) is 0 Å². The predicted octanol–water partition coefficient (Wildman–Crippen LogP) is 0.596. The second kappa shape index (κ2) is 8.92. The van der Waals surface area contributed by atoms with E-state index < -0.39 is 0 Å². The van der Waals surface area contributed by atoms with E-state index in [0.29, 0.717) is 12.3 Å². The fourth-order valence-corrected chi connectivity index (χ4v) is 1.46. The summed E-state index contributed by atoms with van der Waals surface area (Å²) in [5.41, 5.74) is 5.62. The smallest absolute Gasteiger partial charge is 0.236 e. The number of amides is 1. The standard InChI is InChI=1S/C10H18N2OS/c1-3-5-9(11)10(13)12-6-8-14-7-4-2/h2,9H,3,5-8,11H2,1H3,(H,12,13)/t9-/m1/s1. The Kier molecular flexibility index (Phi) is 8.50. The van der Waals surface area contributed by atoms with Crippen molar-refractivity contribution in [1.29, 1.82) is 0 Å². The molecule has 3 N–H and O–H groups in total. The summed E-state index contributed by atoms with van der Waals surface area (Å²) in [6.07, 6.45) is 6.75. The number of carbonyl (C=O) groups excluding carboxylic acids is 1. The van der Waals surface area contributed by atoms with E-state index in [0.717, 1.165) is 18.6 Å². The highest BCUT2D eigenvalue weighted by Crippen LogP contribution is 1.96. The van der Waals surface area contributed by atoms with Crippen LogP contribution in [-0.2, 0) is 4.79 Å². The average Bonchev–Trinajstić information content (AvgIpc) is 2.17. The Labute approximate surface area is 90.2 Å². The van der Waals surface area contributed by atoms with Gasteiger partial charge in [0.05, 0.1) is 11.8 Å². The van der Waals surface area contributed by atoms with E-state index >= 15 is 0 Å². The average molecular weight is 214 g/mol. The highest BCUT2D eigenvalue weighted by molar-refractivity contribution is 7.99. The van der Waals surface area contributed by atoms with Gasteiger partial charge >= 0.3 is 0 Å². The number of carbonyl (C=O) groups is 1. The van der Waals surface area contributed by atoms with Crippen molar-refractivity contribution in [2.45, 2.75) is 25.8 Å². The highest BCUT2D eigenvalue weighted by atomic mass is 32.2. The first kappa shape index (κ1) is 13.3. The van der Waals surface area contributed by atoms with E-state index in [2.05, 4.69) is 11.2 Å². The zero-order valence-corrected chi connectivity index (χ0v) is 9.40. The third kappa shape index (κ3) is 6.81. The normalized spacial score (nSPS) is 11.8. The first-order chi connectivity index (χ1) is 6.72. The van der Waals surface area contributed by atoms with Crippen LogP contribution in [0.1, 0.15) is 19.8 Å². The molecule has 0 radical (unpaired) electrons. The number of thioether (sulfide) groups is 1. The summed E-state index contributed by atoms with van der Waals surface area (Å²) in [5.74, 6) is 4.00. The second-order valence-corrected chi connectivity index (χ2v) is 4.05. The number of nitrogens with two attached hydrogens (primary N) is 1. The number of nitrogens with one attached hydrogen (secondary N) is 1. The van der Waals surface area contributed by atoms with Gasteiger partial charge in [-0.2, -0.15) is 0 Å². The highest BCUT2D eigenvalue weighted by Gasteiger charge is 2.10. The van der Waals surface area contributed by atoms with Gasteiger partial charge in [-0.25, -0.2) is 0 Å². The molecule has 4 heteroatoms. The van der Waals surface area contributed by atoms with E-state index in [1.54, 1.807) is 11.8 Å². The van der Waals surface area contributed by atoms with Crippen molar-refractivity contribution < 1.29 is 4.79 Å². The largest absolute Gasteiger partial charge is 0.354 e. The molecule has 80 valence electrons. The minimum Gasteiger partial charge on any atom is -0.354 e. The molecule has 0 aliphatic heterocycles. The molecule has 0 aromatic carbocycles. The molecule has 0 spiro atoms. The molecular formula is C10H18N2OS. The van der Waals surface area contributed by atoms with Crippen LogP contribution in [0.25, 0.3) is 0 Å². The molecule has 0 bridgehead atoms. The van der Waals surface area contributed by atoms with Gasteiger partial charge < -0.3 is 11.1 Å². The zero-order valence-electron chi connectivity index (χ0n) is 8.58. The lowest BCUT2D eigenvalue weighted by Crippen LogP contribution is -2.41. The lowest BCUT2D eigenvalue weighted by molar-refractivity contribution is -0.122. The quantitative estimate of drug-likeness (QED) is 0.482. The van der Waals surface area contributed by atoms with Gasteiger partial charge in [-0.3, -0.25) is 4.79 Å². The fourth-order valence-electron chi connectivity index (χ4n) is 0.951. The van der Waals surface area contributed by atoms with Crippen LogP contribution in [0.15, 0.2) is 0 Å². The molecule has 1 atom stereocenters. The minimum absolute atomic E-state index is 0.0619. The molecule has 0 aliphatic rings. The molecule has 0 saturated heterocycles. The van der Waals surface area contributed by atoms with Crippen molar-refractivity contribution in [2.75, 3.05) is 18.1 Å². The SMILES string of the molecule is C#CCSCCNC(=O)[C@H](N)CCC. The summed E-state index contributed by atoms with van der Waals surface area (Å²) < 4.78 is 0. The van der Waals surface area contributed by atoms with Gasteiger partial charge in [0.2, 0.25) is 5.91 Å². The van der Waals surface area contributed by atoms with Gasteiger partial charge in [-0.05, 0) is 6.42 Å². The monoisotopic (exact) mass is 214 g/mol. The zero-order chi connectivity index (χ0) is 10.8. The first-order valence-corrected chi connectivity index (χ1v) is 5.92. The third-order valence-electron chi connectivity index (χ3n) is 1.67. The Morgan fingerprint density at radius 3 is 3.00 bits per heavy atom. The van der Waals surface area contributed by atoms with Crippen LogP contribution in [0, 0.1) is 12.3 Å². The molecule has 0 fully saturated rings. The van der Waals surface area contributed by atoms with Crippen LogP contribution in [-0.4, -0.2) is 30.0 Å². The van der Waals surface area contributed by atoms with Crippen molar-refractivity contribution in [3.8, 4) is 12.3 Å². The Hall–Kier alpha value is -0.660. The molecule has 0 rings (SSSR count). The second-order valence-electron chi connectivity index (χ2n) is 2.94. The van der Waals surface area contributed by atoms with Crippen molar-refractivity contribution in [2.24, 2.45) is 5.73 Å². The van der Waals surface area contributed by atoms with Gasteiger partial charge in [0.15, 0.2) is 0 Å².